The van der Waals surface area contributed by atoms with E-state index in [4.69, 9.17) is 4.74 Å². The van der Waals surface area contributed by atoms with Crippen LogP contribution in [0.2, 0.25) is 0 Å². The molecule has 0 aromatic heterocycles. The van der Waals surface area contributed by atoms with E-state index < -0.39 is 0 Å². The van der Waals surface area contributed by atoms with E-state index >= 15 is 0 Å². The van der Waals surface area contributed by atoms with Crippen molar-refractivity contribution in [2.75, 3.05) is 13.2 Å². The lowest BCUT2D eigenvalue weighted by atomic mass is 10.1. The van der Waals surface area contributed by atoms with Gasteiger partial charge < -0.3 is 10.1 Å². The normalized spacial score (nSPS) is 10.3. The minimum atomic E-state index is -0.0270. The number of carbonyl (C=O) groups is 1. The van der Waals surface area contributed by atoms with E-state index in [1.54, 1.807) is 11.8 Å². The Bertz CT molecular complexity index is 629. The second-order valence-electron chi connectivity index (χ2n) is 5.11. The number of hydrogen-bond acceptors (Lipinski definition) is 3. The summed E-state index contributed by atoms with van der Waals surface area (Å²) in [7, 11) is 0. The molecule has 0 atom stereocenters. The molecule has 23 heavy (non-hydrogen) atoms. The molecule has 0 aliphatic carbocycles. The molecule has 4 heteroatoms. The van der Waals surface area contributed by atoms with Crippen molar-refractivity contribution in [3.63, 3.8) is 0 Å². The van der Waals surface area contributed by atoms with Gasteiger partial charge in [0.1, 0.15) is 5.75 Å². The maximum Gasteiger partial charge on any atom is 0.251 e. The van der Waals surface area contributed by atoms with Gasteiger partial charge in [0.2, 0.25) is 0 Å². The molecule has 0 aliphatic heterocycles. The van der Waals surface area contributed by atoms with Crippen LogP contribution in [0.4, 0.5) is 0 Å². The highest BCUT2D eigenvalue weighted by molar-refractivity contribution is 7.98. The minimum absolute atomic E-state index is 0.0270. The van der Waals surface area contributed by atoms with Gasteiger partial charge in [-0.25, -0.2) is 0 Å². The predicted molar refractivity (Wildman–Crippen MR) is 96.2 cm³/mol. The van der Waals surface area contributed by atoms with Gasteiger partial charge in [-0.1, -0.05) is 25.1 Å². The van der Waals surface area contributed by atoms with Gasteiger partial charge in [-0.2, -0.15) is 0 Å². The molecule has 0 aliphatic rings. The summed E-state index contributed by atoms with van der Waals surface area (Å²) >= 11 is 1.74. The van der Waals surface area contributed by atoms with Gasteiger partial charge in [0.15, 0.2) is 0 Å². The quantitative estimate of drug-likeness (QED) is 0.724. The number of carbonyl (C=O) groups excluding carboxylic acids is 1. The topological polar surface area (TPSA) is 38.3 Å². The molecule has 122 valence electrons. The van der Waals surface area contributed by atoms with Crippen molar-refractivity contribution in [1.29, 1.82) is 0 Å². The molecule has 1 N–H and O–H groups in total. The molecule has 0 bridgehead atoms. The third-order valence-electron chi connectivity index (χ3n) is 3.30. The van der Waals surface area contributed by atoms with Crippen LogP contribution in [0.5, 0.6) is 5.75 Å². The number of hydrogen-bond donors (Lipinski definition) is 1. The number of amides is 1. The third-order valence-corrected chi connectivity index (χ3v) is 4.36. The summed E-state index contributed by atoms with van der Waals surface area (Å²) in [6.45, 7) is 5.32. The van der Waals surface area contributed by atoms with Crippen molar-refractivity contribution in [3.8, 4) is 5.75 Å². The first-order chi connectivity index (χ1) is 11.2. The van der Waals surface area contributed by atoms with E-state index in [9.17, 15) is 4.79 Å². The van der Waals surface area contributed by atoms with Crippen LogP contribution in [-0.4, -0.2) is 19.1 Å². The number of ether oxygens (including phenoxy) is 1. The first-order valence-electron chi connectivity index (χ1n) is 7.96. The summed E-state index contributed by atoms with van der Waals surface area (Å²) in [5.74, 6) is 1.60. The Kier molecular flexibility index (Phi) is 7.01. The minimum Gasteiger partial charge on any atom is -0.494 e. The molecule has 0 spiro atoms. The fourth-order valence-electron chi connectivity index (χ4n) is 2.15. The van der Waals surface area contributed by atoms with Crippen molar-refractivity contribution in [3.05, 3.63) is 59.7 Å². The lowest BCUT2D eigenvalue weighted by Crippen LogP contribution is -2.24. The molecule has 0 radical (unpaired) electrons. The second-order valence-corrected chi connectivity index (χ2v) is 6.16. The first kappa shape index (κ1) is 17.4. The van der Waals surface area contributed by atoms with E-state index in [1.807, 2.05) is 50.2 Å². The lowest BCUT2D eigenvalue weighted by Gasteiger charge is -2.12. The van der Waals surface area contributed by atoms with Gasteiger partial charge in [-0.3, -0.25) is 4.79 Å². The average molecular weight is 329 g/mol. The number of nitrogens with one attached hydrogen (secondary N) is 1. The standard InChI is InChI=1S/C19H23NO2S/c1-3-12-20-19(21)15-10-11-18(22-4-2)16(13-15)14-23-17-8-6-5-7-9-17/h5-11,13H,3-4,12,14H2,1-2H3,(H,20,21). The van der Waals surface area contributed by atoms with Crippen LogP contribution in [0.3, 0.4) is 0 Å². The van der Waals surface area contributed by atoms with Crippen molar-refractivity contribution in [2.45, 2.75) is 30.9 Å². The highest BCUT2D eigenvalue weighted by Crippen LogP contribution is 2.29. The number of thioether (sulfide) groups is 1. The monoisotopic (exact) mass is 329 g/mol. The third kappa shape index (κ3) is 5.32. The predicted octanol–water partition coefficient (Wildman–Crippen LogP) is 4.52. The second kappa shape index (κ2) is 9.26. The SMILES string of the molecule is CCCNC(=O)c1ccc(OCC)c(CSc2ccccc2)c1. The summed E-state index contributed by atoms with van der Waals surface area (Å²) in [5.41, 5.74) is 1.73. The first-order valence-corrected chi connectivity index (χ1v) is 8.95. The van der Waals surface area contributed by atoms with Crippen LogP contribution in [-0.2, 0) is 5.75 Å². The molecule has 0 heterocycles. The van der Waals surface area contributed by atoms with Crippen LogP contribution < -0.4 is 10.1 Å². The van der Waals surface area contributed by atoms with Gasteiger partial charge in [0.05, 0.1) is 6.61 Å². The van der Waals surface area contributed by atoms with E-state index in [0.717, 1.165) is 23.5 Å². The van der Waals surface area contributed by atoms with E-state index in [-0.39, 0.29) is 5.91 Å². The summed E-state index contributed by atoms with van der Waals surface area (Å²) in [4.78, 5) is 13.3. The Morgan fingerprint density at radius 1 is 1.13 bits per heavy atom. The van der Waals surface area contributed by atoms with Crippen molar-refractivity contribution in [1.82, 2.24) is 5.32 Å². The van der Waals surface area contributed by atoms with Crippen molar-refractivity contribution in [2.24, 2.45) is 0 Å². The molecular weight excluding hydrogens is 306 g/mol. The average Bonchev–Trinajstić information content (AvgIpc) is 2.60. The van der Waals surface area contributed by atoms with E-state index in [2.05, 4.69) is 17.4 Å². The Morgan fingerprint density at radius 3 is 2.61 bits per heavy atom. The molecule has 0 saturated heterocycles. The summed E-state index contributed by atoms with van der Waals surface area (Å²) in [6, 6.07) is 15.9. The Balaban J connectivity index is 2.14. The van der Waals surface area contributed by atoms with Crippen LogP contribution >= 0.6 is 11.8 Å². The van der Waals surface area contributed by atoms with Crippen molar-refractivity contribution >= 4 is 17.7 Å². The molecule has 0 fully saturated rings. The highest BCUT2D eigenvalue weighted by Gasteiger charge is 2.10. The molecule has 2 aromatic rings. The van der Waals surface area contributed by atoms with Crippen LogP contribution in [0.25, 0.3) is 0 Å². The largest absolute Gasteiger partial charge is 0.494 e. The fourth-order valence-corrected chi connectivity index (χ4v) is 3.05. The summed E-state index contributed by atoms with van der Waals surface area (Å²) < 4.78 is 5.70. The zero-order valence-corrected chi connectivity index (χ0v) is 14.5. The van der Waals surface area contributed by atoms with Crippen LogP contribution in [0, 0.1) is 0 Å². The van der Waals surface area contributed by atoms with Gasteiger partial charge in [0, 0.05) is 28.3 Å². The molecule has 2 rings (SSSR count). The smallest absolute Gasteiger partial charge is 0.251 e. The van der Waals surface area contributed by atoms with Crippen molar-refractivity contribution < 1.29 is 9.53 Å². The molecule has 1 amide bonds. The van der Waals surface area contributed by atoms with E-state index in [1.165, 1.54) is 4.90 Å². The van der Waals surface area contributed by atoms with Gasteiger partial charge in [-0.15, -0.1) is 11.8 Å². The number of rotatable bonds is 8. The van der Waals surface area contributed by atoms with Gasteiger partial charge >= 0.3 is 0 Å². The van der Waals surface area contributed by atoms with Gasteiger partial charge in [-0.05, 0) is 43.7 Å². The lowest BCUT2D eigenvalue weighted by molar-refractivity contribution is 0.0953. The summed E-state index contributed by atoms with van der Waals surface area (Å²) in [6.07, 6.45) is 0.930. The Hall–Kier alpha value is -1.94. The Morgan fingerprint density at radius 2 is 1.91 bits per heavy atom. The molecular formula is C19H23NO2S. The number of benzene rings is 2. The highest BCUT2D eigenvalue weighted by atomic mass is 32.2. The van der Waals surface area contributed by atoms with Crippen LogP contribution in [0.1, 0.15) is 36.2 Å². The maximum atomic E-state index is 12.1. The van der Waals surface area contributed by atoms with Gasteiger partial charge in [0.25, 0.3) is 5.91 Å². The zero-order valence-electron chi connectivity index (χ0n) is 13.7. The molecule has 0 saturated carbocycles. The molecule has 2 aromatic carbocycles. The maximum absolute atomic E-state index is 12.1. The molecule has 0 unspecified atom stereocenters. The van der Waals surface area contributed by atoms with Crippen LogP contribution in [0.15, 0.2) is 53.4 Å². The molecule has 3 nitrogen and oxygen atoms in total. The fraction of sp³-hybridized carbons (Fsp3) is 0.316. The van der Waals surface area contributed by atoms with E-state index in [0.29, 0.717) is 18.7 Å². The zero-order chi connectivity index (χ0) is 16.5. The summed E-state index contributed by atoms with van der Waals surface area (Å²) in [5, 5.41) is 2.91. The Labute approximate surface area is 142 Å².